The van der Waals surface area contributed by atoms with Gasteiger partial charge in [-0.25, -0.2) is 0 Å². The largest absolute Gasteiger partial charge is 0.481 e. The Labute approximate surface area is 107 Å². The Hall–Kier alpha value is -1.35. The monoisotopic (exact) mass is 284 g/mol. The Morgan fingerprint density at radius 1 is 1.42 bits per heavy atom. The van der Waals surface area contributed by atoms with Gasteiger partial charge in [-0.05, 0) is 6.42 Å². The van der Waals surface area contributed by atoms with Gasteiger partial charge in [0.1, 0.15) is 6.61 Å². The molecule has 1 amide bonds. The van der Waals surface area contributed by atoms with Crippen LogP contribution in [0.4, 0.5) is 13.2 Å². The van der Waals surface area contributed by atoms with E-state index in [1.54, 1.807) is 0 Å². The smallest absolute Gasteiger partial charge is 0.406 e. The summed E-state index contributed by atoms with van der Waals surface area (Å²) in [7, 11) is 0. The molecule has 0 spiro atoms. The number of aliphatic carboxylic acids is 1. The first-order valence-electron chi connectivity index (χ1n) is 5.60. The normalized spacial score (nSPS) is 23.7. The SMILES string of the molecule is NCCOCC(=O)N1CCC(C(=O)O)(C(F)(F)F)C1. The number of amides is 1. The molecule has 9 heteroatoms. The van der Waals surface area contributed by atoms with Crippen LogP contribution in [0.2, 0.25) is 0 Å². The number of carbonyl (C=O) groups excluding carboxylic acids is 1. The average Bonchev–Trinajstić information content (AvgIpc) is 2.74. The van der Waals surface area contributed by atoms with Gasteiger partial charge in [0.2, 0.25) is 5.91 Å². The number of carbonyl (C=O) groups is 2. The second kappa shape index (κ2) is 5.74. The summed E-state index contributed by atoms with van der Waals surface area (Å²) in [6, 6.07) is 0. The summed E-state index contributed by atoms with van der Waals surface area (Å²) >= 11 is 0. The number of hydrogen-bond acceptors (Lipinski definition) is 4. The average molecular weight is 284 g/mol. The summed E-state index contributed by atoms with van der Waals surface area (Å²) in [5.74, 6) is -2.63. The van der Waals surface area contributed by atoms with Crippen LogP contribution in [0.25, 0.3) is 0 Å². The molecule has 1 aliphatic rings. The van der Waals surface area contributed by atoms with Gasteiger partial charge in [-0.15, -0.1) is 0 Å². The van der Waals surface area contributed by atoms with Crippen molar-refractivity contribution in [3.05, 3.63) is 0 Å². The Bertz CT molecular complexity index is 361. The Balaban J connectivity index is 2.70. The maximum absolute atomic E-state index is 12.8. The second-order valence-corrected chi connectivity index (χ2v) is 4.29. The molecule has 0 aliphatic carbocycles. The van der Waals surface area contributed by atoms with E-state index in [1.807, 2.05) is 0 Å². The van der Waals surface area contributed by atoms with E-state index in [0.29, 0.717) is 0 Å². The van der Waals surface area contributed by atoms with E-state index in [2.05, 4.69) is 0 Å². The van der Waals surface area contributed by atoms with Crippen molar-refractivity contribution in [2.45, 2.75) is 12.6 Å². The third kappa shape index (κ3) is 3.16. The molecule has 1 unspecified atom stereocenters. The van der Waals surface area contributed by atoms with Crippen molar-refractivity contribution in [2.75, 3.05) is 32.8 Å². The standard InChI is InChI=1S/C10H15F3N2O4/c11-10(12,13)9(8(17)18)1-3-15(6-9)7(16)5-19-4-2-14/h1-6,14H2,(H,17,18). The van der Waals surface area contributed by atoms with E-state index in [4.69, 9.17) is 15.6 Å². The number of halogens is 3. The molecular weight excluding hydrogens is 269 g/mol. The number of nitrogens with two attached hydrogens (primary N) is 1. The Morgan fingerprint density at radius 2 is 2.05 bits per heavy atom. The summed E-state index contributed by atoms with van der Waals surface area (Å²) in [6.45, 7) is -1.23. The fraction of sp³-hybridized carbons (Fsp3) is 0.800. The zero-order chi connectivity index (χ0) is 14.7. The van der Waals surface area contributed by atoms with Gasteiger partial charge in [-0.2, -0.15) is 13.2 Å². The molecular formula is C10H15F3N2O4. The van der Waals surface area contributed by atoms with E-state index in [-0.39, 0.29) is 19.7 Å². The van der Waals surface area contributed by atoms with Gasteiger partial charge >= 0.3 is 12.1 Å². The van der Waals surface area contributed by atoms with Gasteiger partial charge in [-0.1, -0.05) is 0 Å². The fourth-order valence-electron chi connectivity index (χ4n) is 1.88. The molecule has 110 valence electrons. The van der Waals surface area contributed by atoms with Crippen LogP contribution >= 0.6 is 0 Å². The zero-order valence-electron chi connectivity index (χ0n) is 10.1. The van der Waals surface area contributed by atoms with E-state index in [9.17, 15) is 22.8 Å². The van der Waals surface area contributed by atoms with Crippen molar-refractivity contribution in [3.63, 3.8) is 0 Å². The van der Waals surface area contributed by atoms with Crippen LogP contribution < -0.4 is 5.73 Å². The lowest BCUT2D eigenvalue weighted by Gasteiger charge is -2.27. The lowest BCUT2D eigenvalue weighted by Crippen LogP contribution is -2.48. The van der Waals surface area contributed by atoms with Crippen molar-refractivity contribution in [2.24, 2.45) is 11.1 Å². The molecule has 19 heavy (non-hydrogen) atoms. The van der Waals surface area contributed by atoms with Crippen molar-refractivity contribution in [1.82, 2.24) is 4.90 Å². The van der Waals surface area contributed by atoms with Gasteiger partial charge in [0, 0.05) is 19.6 Å². The van der Waals surface area contributed by atoms with Crippen LogP contribution in [0, 0.1) is 5.41 Å². The number of carboxylic acids is 1. The molecule has 0 aromatic heterocycles. The molecule has 3 N–H and O–H groups in total. The van der Waals surface area contributed by atoms with E-state index >= 15 is 0 Å². The highest BCUT2D eigenvalue weighted by atomic mass is 19.4. The summed E-state index contributed by atoms with van der Waals surface area (Å²) in [5.41, 5.74) is 2.25. The zero-order valence-corrected chi connectivity index (χ0v) is 10.1. The first kappa shape index (κ1) is 15.7. The fourth-order valence-corrected chi connectivity index (χ4v) is 1.88. The first-order chi connectivity index (χ1) is 8.74. The predicted octanol–water partition coefficient (Wildman–Crippen LogP) is -0.173. The van der Waals surface area contributed by atoms with Gasteiger partial charge in [0.25, 0.3) is 0 Å². The Kier molecular flexibility index (Phi) is 4.75. The summed E-state index contributed by atoms with van der Waals surface area (Å²) in [5, 5.41) is 8.81. The third-order valence-corrected chi connectivity index (χ3v) is 3.06. The molecule has 1 atom stereocenters. The number of alkyl halides is 3. The highest BCUT2D eigenvalue weighted by molar-refractivity contribution is 5.82. The summed E-state index contributed by atoms with van der Waals surface area (Å²) in [6.07, 6.45) is -5.54. The van der Waals surface area contributed by atoms with Crippen LogP contribution in [0.15, 0.2) is 0 Å². The lowest BCUT2D eigenvalue weighted by atomic mass is 9.86. The number of ether oxygens (including phenoxy) is 1. The number of rotatable bonds is 5. The number of carboxylic acid groups (broad SMARTS) is 1. The quantitative estimate of drug-likeness (QED) is 0.684. The van der Waals surface area contributed by atoms with E-state index < -0.39 is 43.0 Å². The van der Waals surface area contributed by atoms with Crippen LogP contribution in [-0.2, 0) is 14.3 Å². The molecule has 0 saturated carbocycles. The topological polar surface area (TPSA) is 92.9 Å². The predicted molar refractivity (Wildman–Crippen MR) is 57.2 cm³/mol. The van der Waals surface area contributed by atoms with Gasteiger partial charge in [-0.3, -0.25) is 9.59 Å². The van der Waals surface area contributed by atoms with E-state index in [0.717, 1.165) is 4.90 Å². The molecule has 0 aromatic rings. The molecule has 1 fully saturated rings. The molecule has 0 bridgehead atoms. The van der Waals surface area contributed by atoms with Crippen molar-refractivity contribution in [3.8, 4) is 0 Å². The van der Waals surface area contributed by atoms with Gasteiger partial charge in [0.05, 0.1) is 6.61 Å². The van der Waals surface area contributed by atoms with Gasteiger partial charge < -0.3 is 20.5 Å². The molecule has 1 aliphatic heterocycles. The molecule has 6 nitrogen and oxygen atoms in total. The van der Waals surface area contributed by atoms with E-state index in [1.165, 1.54) is 0 Å². The minimum absolute atomic E-state index is 0.114. The van der Waals surface area contributed by atoms with Crippen LogP contribution in [0.1, 0.15) is 6.42 Å². The molecule has 1 rings (SSSR count). The van der Waals surface area contributed by atoms with Crippen LogP contribution in [-0.4, -0.2) is 60.9 Å². The number of nitrogens with zero attached hydrogens (tertiary/aromatic N) is 1. The maximum atomic E-state index is 12.8. The highest BCUT2D eigenvalue weighted by Gasteiger charge is 2.64. The van der Waals surface area contributed by atoms with Gasteiger partial charge in [0.15, 0.2) is 5.41 Å². The van der Waals surface area contributed by atoms with Crippen molar-refractivity contribution < 1.29 is 32.6 Å². The molecule has 1 saturated heterocycles. The minimum atomic E-state index is -4.90. The highest BCUT2D eigenvalue weighted by Crippen LogP contribution is 2.45. The Morgan fingerprint density at radius 3 is 2.47 bits per heavy atom. The summed E-state index contributed by atoms with van der Waals surface area (Å²) in [4.78, 5) is 23.3. The first-order valence-corrected chi connectivity index (χ1v) is 5.60. The molecule has 0 radical (unpaired) electrons. The lowest BCUT2D eigenvalue weighted by molar-refractivity contribution is -0.227. The number of hydrogen-bond donors (Lipinski definition) is 2. The summed E-state index contributed by atoms with van der Waals surface area (Å²) < 4.78 is 43.4. The van der Waals surface area contributed by atoms with Crippen LogP contribution in [0.5, 0.6) is 0 Å². The molecule has 1 heterocycles. The van der Waals surface area contributed by atoms with Crippen molar-refractivity contribution in [1.29, 1.82) is 0 Å². The minimum Gasteiger partial charge on any atom is -0.481 e. The third-order valence-electron chi connectivity index (χ3n) is 3.06. The number of likely N-dealkylation sites (tertiary alicyclic amines) is 1. The molecule has 0 aromatic carbocycles. The maximum Gasteiger partial charge on any atom is 0.406 e. The second-order valence-electron chi connectivity index (χ2n) is 4.29. The van der Waals surface area contributed by atoms with Crippen LogP contribution in [0.3, 0.4) is 0 Å². The van der Waals surface area contributed by atoms with Crippen molar-refractivity contribution >= 4 is 11.9 Å².